The molecule has 0 atom stereocenters. The molecule has 0 saturated carbocycles. The van der Waals surface area contributed by atoms with Crippen molar-refractivity contribution in [3.05, 3.63) is 96.7 Å². The summed E-state index contributed by atoms with van der Waals surface area (Å²) in [6, 6.07) is 18.0. The highest BCUT2D eigenvalue weighted by Gasteiger charge is 2.14. The molecule has 0 bridgehead atoms. The van der Waals surface area contributed by atoms with E-state index in [2.05, 4.69) is 15.9 Å². The van der Waals surface area contributed by atoms with Gasteiger partial charge in [0, 0.05) is 26.1 Å². The van der Waals surface area contributed by atoms with Crippen LogP contribution in [0.3, 0.4) is 0 Å². The van der Waals surface area contributed by atoms with Crippen LogP contribution in [0.2, 0.25) is 10.0 Å². The minimum Gasteiger partial charge on any atom is -0.489 e. The second-order valence-corrected chi connectivity index (χ2v) is 8.31. The van der Waals surface area contributed by atoms with Crippen LogP contribution in [0.4, 0.5) is 0 Å². The van der Waals surface area contributed by atoms with Gasteiger partial charge in [0.25, 0.3) is 0 Å². The van der Waals surface area contributed by atoms with E-state index in [1.165, 1.54) is 0 Å². The maximum atomic E-state index is 13.1. The van der Waals surface area contributed by atoms with E-state index < -0.39 is 0 Å². The zero-order valence-electron chi connectivity index (χ0n) is 15.3. The van der Waals surface area contributed by atoms with E-state index in [1.54, 1.807) is 37.3 Å². The molecule has 3 aromatic carbocycles. The van der Waals surface area contributed by atoms with Gasteiger partial charge in [0.2, 0.25) is 5.43 Å². The summed E-state index contributed by atoms with van der Waals surface area (Å²) in [5, 5.41) is 1.62. The van der Waals surface area contributed by atoms with Gasteiger partial charge in [-0.3, -0.25) is 4.79 Å². The topological polar surface area (TPSA) is 39.4 Å². The first kappa shape index (κ1) is 20.0. The Morgan fingerprint density at radius 2 is 1.76 bits per heavy atom. The van der Waals surface area contributed by atoms with E-state index in [0.717, 1.165) is 15.6 Å². The molecule has 0 aliphatic rings. The van der Waals surface area contributed by atoms with Crippen LogP contribution in [-0.2, 0) is 6.61 Å². The Balaban J connectivity index is 1.67. The van der Waals surface area contributed by atoms with Crippen molar-refractivity contribution in [2.24, 2.45) is 0 Å². The second-order valence-electron chi connectivity index (χ2n) is 6.55. The molecular weight excluding hydrogens is 475 g/mol. The Hall–Kier alpha value is -2.27. The molecular formula is C23H15BrCl2O3. The first-order valence-corrected chi connectivity index (χ1v) is 10.4. The number of hydrogen-bond donors (Lipinski definition) is 0. The predicted octanol–water partition coefficient (Wildman–Crippen LogP) is 7.42. The van der Waals surface area contributed by atoms with Gasteiger partial charge in [0.1, 0.15) is 23.7 Å². The van der Waals surface area contributed by atoms with Gasteiger partial charge in [-0.2, -0.15) is 0 Å². The summed E-state index contributed by atoms with van der Waals surface area (Å²) < 4.78 is 12.7. The molecule has 6 heteroatoms. The van der Waals surface area contributed by atoms with E-state index in [-0.39, 0.29) is 12.0 Å². The van der Waals surface area contributed by atoms with Gasteiger partial charge in [0.15, 0.2) is 0 Å². The number of halogens is 3. The van der Waals surface area contributed by atoms with Crippen molar-refractivity contribution in [3.63, 3.8) is 0 Å². The molecule has 0 aliphatic carbocycles. The van der Waals surface area contributed by atoms with Gasteiger partial charge < -0.3 is 9.15 Å². The lowest BCUT2D eigenvalue weighted by atomic mass is 10.0. The van der Waals surface area contributed by atoms with Gasteiger partial charge in [0.05, 0.1) is 10.9 Å². The van der Waals surface area contributed by atoms with Crippen LogP contribution in [0.5, 0.6) is 5.75 Å². The summed E-state index contributed by atoms with van der Waals surface area (Å²) in [5.41, 5.74) is 2.61. The summed E-state index contributed by atoms with van der Waals surface area (Å²) in [4.78, 5) is 13.1. The summed E-state index contributed by atoms with van der Waals surface area (Å²) >= 11 is 15.5. The average molecular weight is 490 g/mol. The van der Waals surface area contributed by atoms with Gasteiger partial charge in [-0.15, -0.1) is 0 Å². The first-order chi connectivity index (χ1) is 13.9. The maximum Gasteiger partial charge on any atom is 0.200 e. The molecule has 146 valence electrons. The maximum absolute atomic E-state index is 13.1. The predicted molar refractivity (Wildman–Crippen MR) is 121 cm³/mol. The Labute approximate surface area is 186 Å². The highest BCUT2D eigenvalue weighted by Crippen LogP contribution is 2.28. The molecule has 0 saturated heterocycles. The number of rotatable bonds is 4. The smallest absolute Gasteiger partial charge is 0.200 e. The van der Waals surface area contributed by atoms with Crippen molar-refractivity contribution in [2.45, 2.75) is 13.5 Å². The highest BCUT2D eigenvalue weighted by atomic mass is 79.9. The fourth-order valence-electron chi connectivity index (χ4n) is 3.13. The molecule has 1 heterocycles. The van der Waals surface area contributed by atoms with Crippen molar-refractivity contribution < 1.29 is 9.15 Å². The van der Waals surface area contributed by atoms with E-state index in [9.17, 15) is 4.79 Å². The van der Waals surface area contributed by atoms with E-state index in [4.69, 9.17) is 32.4 Å². The second kappa shape index (κ2) is 8.23. The van der Waals surface area contributed by atoms with Crippen LogP contribution < -0.4 is 10.2 Å². The number of benzene rings is 3. The van der Waals surface area contributed by atoms with Gasteiger partial charge in [-0.25, -0.2) is 0 Å². The van der Waals surface area contributed by atoms with Crippen molar-refractivity contribution in [1.29, 1.82) is 0 Å². The zero-order chi connectivity index (χ0) is 20.5. The minimum absolute atomic E-state index is 0.0710. The molecule has 0 radical (unpaired) electrons. The number of hydrogen-bond acceptors (Lipinski definition) is 3. The summed E-state index contributed by atoms with van der Waals surface area (Å²) in [7, 11) is 0. The molecule has 4 rings (SSSR count). The molecule has 0 N–H and O–H groups in total. The Morgan fingerprint density at radius 1 is 1.00 bits per heavy atom. The van der Waals surface area contributed by atoms with Crippen molar-refractivity contribution in [1.82, 2.24) is 0 Å². The Morgan fingerprint density at radius 3 is 2.48 bits per heavy atom. The fourth-order valence-corrected chi connectivity index (χ4v) is 3.85. The van der Waals surface area contributed by atoms with Crippen molar-refractivity contribution in [3.8, 4) is 16.9 Å². The molecule has 4 aromatic rings. The van der Waals surface area contributed by atoms with Crippen LogP contribution in [-0.4, -0.2) is 0 Å². The Kier molecular flexibility index (Phi) is 5.68. The van der Waals surface area contributed by atoms with Crippen LogP contribution in [0.25, 0.3) is 22.1 Å². The van der Waals surface area contributed by atoms with Crippen LogP contribution in [0.1, 0.15) is 11.3 Å². The van der Waals surface area contributed by atoms with Crippen molar-refractivity contribution >= 4 is 50.1 Å². The summed E-state index contributed by atoms with van der Waals surface area (Å²) in [6.07, 6.45) is 0. The normalized spacial score (nSPS) is 11.0. The highest BCUT2D eigenvalue weighted by molar-refractivity contribution is 9.10. The monoisotopic (exact) mass is 488 g/mol. The zero-order valence-corrected chi connectivity index (χ0v) is 18.4. The molecule has 0 unspecified atom stereocenters. The lowest BCUT2D eigenvalue weighted by Crippen LogP contribution is -2.07. The largest absolute Gasteiger partial charge is 0.489 e. The number of fused-ring (bicyclic) bond motifs is 1. The Bertz CT molecular complexity index is 1260. The molecule has 0 amide bonds. The third-order valence-electron chi connectivity index (χ3n) is 4.58. The lowest BCUT2D eigenvalue weighted by molar-refractivity contribution is 0.306. The lowest BCUT2D eigenvalue weighted by Gasteiger charge is -2.10. The van der Waals surface area contributed by atoms with Gasteiger partial charge in [-0.1, -0.05) is 57.3 Å². The standard InChI is InChI=1S/C23H15BrCl2O3/c1-13-22(14-2-5-16(24)6-3-14)23(27)19-9-8-18(11-21(19)29-13)28-12-15-4-7-17(25)10-20(15)26/h2-11H,12H2,1H3. The number of ether oxygens (including phenoxy) is 1. The van der Waals surface area contributed by atoms with Crippen molar-refractivity contribution in [2.75, 3.05) is 0 Å². The molecule has 29 heavy (non-hydrogen) atoms. The molecule has 3 nitrogen and oxygen atoms in total. The third kappa shape index (κ3) is 4.20. The molecule has 1 aromatic heterocycles. The summed E-state index contributed by atoms with van der Waals surface area (Å²) in [6.45, 7) is 2.07. The SMILES string of the molecule is Cc1oc2cc(OCc3ccc(Cl)cc3Cl)ccc2c(=O)c1-c1ccc(Br)cc1. The number of aryl methyl sites for hydroxylation is 1. The van der Waals surface area contributed by atoms with Crippen LogP contribution in [0.15, 0.2) is 74.3 Å². The third-order valence-corrected chi connectivity index (χ3v) is 5.70. The molecule has 0 fully saturated rings. The van der Waals surface area contributed by atoms with E-state index in [0.29, 0.717) is 38.1 Å². The molecule has 0 aliphatic heterocycles. The van der Waals surface area contributed by atoms with Gasteiger partial charge in [-0.05, 0) is 48.9 Å². The average Bonchev–Trinajstić information content (AvgIpc) is 2.68. The first-order valence-electron chi connectivity index (χ1n) is 8.82. The van der Waals surface area contributed by atoms with E-state index in [1.807, 2.05) is 30.3 Å². The fraction of sp³-hybridized carbons (Fsp3) is 0.0870. The molecule has 0 spiro atoms. The van der Waals surface area contributed by atoms with E-state index >= 15 is 0 Å². The van der Waals surface area contributed by atoms with Crippen LogP contribution in [0, 0.1) is 6.92 Å². The summed E-state index contributed by atoms with van der Waals surface area (Å²) in [5.74, 6) is 1.14. The minimum atomic E-state index is -0.0710. The quantitative estimate of drug-likeness (QED) is 0.299. The van der Waals surface area contributed by atoms with Gasteiger partial charge >= 0.3 is 0 Å². The van der Waals surface area contributed by atoms with Crippen LogP contribution >= 0.6 is 39.1 Å².